The number of hydrogen-bond acceptors (Lipinski definition) is 1. The van der Waals surface area contributed by atoms with Crippen LogP contribution in [0, 0.1) is 0 Å². The first kappa shape index (κ1) is 13.6. The lowest BCUT2D eigenvalue weighted by Crippen LogP contribution is -2.40. The van der Waals surface area contributed by atoms with Gasteiger partial charge in [0.15, 0.2) is 0 Å². The Balaban J connectivity index is 2.70. The van der Waals surface area contributed by atoms with Crippen LogP contribution in [0.4, 0.5) is 0 Å². The summed E-state index contributed by atoms with van der Waals surface area (Å²) in [6.07, 6.45) is 1.07. The first-order chi connectivity index (χ1) is 7.76. The summed E-state index contributed by atoms with van der Waals surface area (Å²) in [5.41, 5.74) is 0. The van der Waals surface area contributed by atoms with Gasteiger partial charge in [0.2, 0.25) is 0 Å². The molecular formula is C13H21ClOSi. The Bertz CT molecular complexity index is 285. The maximum absolute atomic E-state index is 6.28. The summed E-state index contributed by atoms with van der Waals surface area (Å²) >= 11 is 5.79. The fraction of sp³-hybridized carbons (Fsp3) is 0.538. The van der Waals surface area contributed by atoms with Crippen LogP contribution in [-0.4, -0.2) is 14.2 Å². The number of halogens is 1. The molecule has 0 N–H and O–H groups in total. The molecule has 3 heteroatoms. The van der Waals surface area contributed by atoms with Gasteiger partial charge >= 0.3 is 0 Å². The van der Waals surface area contributed by atoms with E-state index < -0.39 is 8.32 Å². The van der Waals surface area contributed by atoms with Gasteiger partial charge in [-0.1, -0.05) is 32.0 Å². The average molecular weight is 257 g/mol. The molecule has 0 radical (unpaired) electrons. The lowest BCUT2D eigenvalue weighted by atomic mass is 10.3. The Kier molecular flexibility index (Phi) is 5.92. The highest BCUT2D eigenvalue weighted by Crippen LogP contribution is 2.26. The van der Waals surface area contributed by atoms with E-state index in [2.05, 4.69) is 13.8 Å². The molecule has 0 fully saturated rings. The molecule has 0 saturated carbocycles. The van der Waals surface area contributed by atoms with Crippen LogP contribution >= 0.6 is 11.6 Å². The zero-order valence-corrected chi connectivity index (χ0v) is 12.0. The van der Waals surface area contributed by atoms with E-state index in [1.807, 2.05) is 30.3 Å². The van der Waals surface area contributed by atoms with Crippen molar-refractivity contribution in [3.8, 4) is 5.75 Å². The van der Waals surface area contributed by atoms with Crippen molar-refractivity contribution in [1.29, 1.82) is 0 Å². The third kappa shape index (κ3) is 3.83. The minimum atomic E-state index is -1.59. The topological polar surface area (TPSA) is 9.23 Å². The van der Waals surface area contributed by atoms with Crippen molar-refractivity contribution in [1.82, 2.24) is 0 Å². The Labute approximate surface area is 105 Å². The highest BCUT2D eigenvalue weighted by Gasteiger charge is 2.32. The monoisotopic (exact) mass is 256 g/mol. The molecule has 90 valence electrons. The molecule has 0 amide bonds. The molecule has 1 nitrogen and oxygen atoms in total. The molecule has 0 aliphatic heterocycles. The lowest BCUT2D eigenvalue weighted by molar-refractivity contribution is 0.528. The highest BCUT2D eigenvalue weighted by molar-refractivity contribution is 6.74. The smallest absolute Gasteiger partial charge is 0.250 e. The minimum Gasteiger partial charge on any atom is -0.543 e. The van der Waals surface area contributed by atoms with E-state index in [-0.39, 0.29) is 0 Å². The molecule has 1 aromatic carbocycles. The number of rotatable bonds is 7. The summed E-state index contributed by atoms with van der Waals surface area (Å²) in [5, 5.41) is 0. The third-order valence-electron chi connectivity index (χ3n) is 3.13. The Morgan fingerprint density at radius 2 is 1.75 bits per heavy atom. The predicted molar refractivity (Wildman–Crippen MR) is 73.9 cm³/mol. The van der Waals surface area contributed by atoms with Crippen molar-refractivity contribution in [2.24, 2.45) is 0 Å². The second-order valence-electron chi connectivity index (χ2n) is 4.10. The van der Waals surface area contributed by atoms with Crippen molar-refractivity contribution in [3.05, 3.63) is 30.3 Å². The van der Waals surface area contributed by atoms with Gasteiger partial charge in [-0.3, -0.25) is 0 Å². The van der Waals surface area contributed by atoms with Crippen LogP contribution in [0.1, 0.15) is 20.3 Å². The Hall–Kier alpha value is -0.473. The summed E-state index contributed by atoms with van der Waals surface area (Å²) in [5.74, 6) is 1.76. The molecular weight excluding hydrogens is 236 g/mol. The second kappa shape index (κ2) is 6.97. The van der Waals surface area contributed by atoms with E-state index in [0.717, 1.165) is 30.1 Å². The number of hydrogen-bond donors (Lipinski definition) is 0. The van der Waals surface area contributed by atoms with E-state index in [1.165, 1.54) is 6.04 Å². The quantitative estimate of drug-likeness (QED) is 0.508. The molecule has 0 aliphatic rings. The molecule has 1 aromatic rings. The average Bonchev–Trinajstić information content (AvgIpc) is 2.36. The summed E-state index contributed by atoms with van der Waals surface area (Å²) in [4.78, 5) is 0. The van der Waals surface area contributed by atoms with Gasteiger partial charge in [0, 0.05) is 5.88 Å². The van der Waals surface area contributed by atoms with Gasteiger partial charge in [-0.25, -0.2) is 0 Å². The van der Waals surface area contributed by atoms with Crippen LogP contribution in [-0.2, 0) is 0 Å². The summed E-state index contributed by atoms with van der Waals surface area (Å²) in [6, 6.07) is 13.7. The van der Waals surface area contributed by atoms with Crippen LogP contribution in [0.25, 0.3) is 0 Å². The highest BCUT2D eigenvalue weighted by atomic mass is 35.5. The molecule has 0 saturated heterocycles. The SMILES string of the molecule is CC[Si](CC)(CCCCl)Oc1ccccc1. The van der Waals surface area contributed by atoms with Gasteiger partial charge in [-0.05, 0) is 36.7 Å². The van der Waals surface area contributed by atoms with E-state index in [1.54, 1.807) is 0 Å². The molecule has 1 rings (SSSR count). The van der Waals surface area contributed by atoms with E-state index in [0.29, 0.717) is 0 Å². The molecule has 0 atom stereocenters. The standard InChI is InChI=1S/C13H21ClOSi/c1-3-16(4-2,12-8-11-14)15-13-9-6-5-7-10-13/h5-7,9-10H,3-4,8,11-12H2,1-2H3. The van der Waals surface area contributed by atoms with E-state index >= 15 is 0 Å². The first-order valence-electron chi connectivity index (χ1n) is 6.06. The molecule has 0 heterocycles. The van der Waals surface area contributed by atoms with Crippen molar-refractivity contribution in [3.63, 3.8) is 0 Å². The normalized spacial score (nSPS) is 11.4. The van der Waals surface area contributed by atoms with Gasteiger partial charge in [-0.2, -0.15) is 0 Å². The molecule has 0 aromatic heterocycles. The van der Waals surface area contributed by atoms with Crippen LogP contribution < -0.4 is 4.43 Å². The minimum absolute atomic E-state index is 0.743. The number of alkyl halides is 1. The fourth-order valence-electron chi connectivity index (χ4n) is 1.93. The van der Waals surface area contributed by atoms with Crippen molar-refractivity contribution >= 4 is 19.9 Å². The van der Waals surface area contributed by atoms with Gasteiger partial charge in [-0.15, -0.1) is 11.6 Å². The zero-order chi connectivity index (χ0) is 11.9. The summed E-state index contributed by atoms with van der Waals surface area (Å²) in [6.45, 7) is 4.49. The van der Waals surface area contributed by atoms with Gasteiger partial charge < -0.3 is 4.43 Å². The predicted octanol–water partition coefficient (Wildman–Crippen LogP) is 4.68. The molecule has 0 spiro atoms. The van der Waals surface area contributed by atoms with Crippen molar-refractivity contribution < 1.29 is 4.43 Å². The first-order valence-corrected chi connectivity index (χ1v) is 9.13. The van der Waals surface area contributed by atoms with Crippen LogP contribution in [0.5, 0.6) is 5.75 Å². The van der Waals surface area contributed by atoms with E-state index in [4.69, 9.17) is 16.0 Å². The molecule has 0 aliphatic carbocycles. The maximum atomic E-state index is 6.28. The van der Waals surface area contributed by atoms with Gasteiger partial charge in [0.1, 0.15) is 5.75 Å². The van der Waals surface area contributed by atoms with Crippen LogP contribution in [0.15, 0.2) is 30.3 Å². The second-order valence-corrected chi connectivity index (χ2v) is 8.96. The number of benzene rings is 1. The largest absolute Gasteiger partial charge is 0.543 e. The summed E-state index contributed by atoms with van der Waals surface area (Å²) in [7, 11) is -1.59. The summed E-state index contributed by atoms with van der Waals surface area (Å²) < 4.78 is 6.28. The lowest BCUT2D eigenvalue weighted by Gasteiger charge is -2.30. The zero-order valence-electron chi connectivity index (χ0n) is 10.2. The Morgan fingerprint density at radius 3 is 2.25 bits per heavy atom. The maximum Gasteiger partial charge on any atom is 0.250 e. The molecule has 16 heavy (non-hydrogen) atoms. The Morgan fingerprint density at radius 1 is 1.12 bits per heavy atom. The van der Waals surface area contributed by atoms with Crippen molar-refractivity contribution in [2.75, 3.05) is 5.88 Å². The molecule has 0 bridgehead atoms. The van der Waals surface area contributed by atoms with Gasteiger partial charge in [0.25, 0.3) is 8.32 Å². The van der Waals surface area contributed by atoms with Crippen LogP contribution in [0.3, 0.4) is 0 Å². The van der Waals surface area contributed by atoms with E-state index in [9.17, 15) is 0 Å². The molecule has 0 unspecified atom stereocenters. The fourth-order valence-corrected chi connectivity index (χ4v) is 5.34. The van der Waals surface area contributed by atoms with Gasteiger partial charge in [0.05, 0.1) is 0 Å². The van der Waals surface area contributed by atoms with Crippen molar-refractivity contribution in [2.45, 2.75) is 38.4 Å². The third-order valence-corrected chi connectivity index (χ3v) is 7.91. The number of para-hydroxylation sites is 1. The van der Waals surface area contributed by atoms with Crippen LogP contribution in [0.2, 0.25) is 18.1 Å².